The predicted octanol–water partition coefficient (Wildman–Crippen LogP) is 2.65. The first-order valence-electron chi connectivity index (χ1n) is 7.04. The molecule has 102 valence electrons. The molecule has 1 aromatic heterocycles. The van der Waals surface area contributed by atoms with Gasteiger partial charge < -0.3 is 14.6 Å². The Bertz CT molecular complexity index is 594. The molecule has 19 heavy (non-hydrogen) atoms. The van der Waals surface area contributed by atoms with Gasteiger partial charge in [-0.2, -0.15) is 0 Å². The molecular weight excluding hydrogens is 236 g/mol. The van der Waals surface area contributed by atoms with E-state index in [1.807, 2.05) is 6.07 Å². The Morgan fingerprint density at radius 2 is 2.26 bits per heavy atom. The summed E-state index contributed by atoms with van der Waals surface area (Å²) in [6, 6.07) is 6.36. The van der Waals surface area contributed by atoms with Crippen LogP contribution in [-0.4, -0.2) is 24.8 Å². The summed E-state index contributed by atoms with van der Waals surface area (Å²) in [4.78, 5) is 0. The van der Waals surface area contributed by atoms with Gasteiger partial charge in [-0.1, -0.05) is 12.1 Å². The molecule has 3 rings (SSSR count). The molecule has 2 heterocycles. The van der Waals surface area contributed by atoms with Crippen LogP contribution in [0, 0.1) is 12.8 Å². The number of aromatic nitrogens is 1. The van der Waals surface area contributed by atoms with Crippen molar-refractivity contribution >= 4 is 10.9 Å². The molecule has 1 fully saturated rings. The first-order valence-corrected chi connectivity index (χ1v) is 7.04. The second-order valence-electron chi connectivity index (χ2n) is 5.54. The second-order valence-corrected chi connectivity index (χ2v) is 5.54. The van der Waals surface area contributed by atoms with Gasteiger partial charge in [-0.3, -0.25) is 0 Å². The van der Waals surface area contributed by atoms with Crippen LogP contribution in [0.25, 0.3) is 10.9 Å². The molecular formula is C16H22N2O. The molecule has 0 spiro atoms. The smallest absolute Gasteiger partial charge is 0.143 e. The minimum absolute atomic E-state index is 0.774. The lowest BCUT2D eigenvalue weighted by molar-refractivity contribution is 0.418. The van der Waals surface area contributed by atoms with Crippen LogP contribution in [0.3, 0.4) is 0 Å². The summed E-state index contributed by atoms with van der Waals surface area (Å²) in [5.74, 6) is 1.74. The van der Waals surface area contributed by atoms with Gasteiger partial charge in [0.1, 0.15) is 5.75 Å². The molecule has 3 heteroatoms. The van der Waals surface area contributed by atoms with Gasteiger partial charge in [-0.25, -0.2) is 0 Å². The van der Waals surface area contributed by atoms with Crippen molar-refractivity contribution in [3.05, 3.63) is 29.5 Å². The van der Waals surface area contributed by atoms with Crippen molar-refractivity contribution in [1.29, 1.82) is 0 Å². The number of ether oxygens (including phenoxy) is 1. The number of hydrogen-bond donors (Lipinski definition) is 1. The van der Waals surface area contributed by atoms with Crippen molar-refractivity contribution in [3.63, 3.8) is 0 Å². The van der Waals surface area contributed by atoms with Crippen LogP contribution < -0.4 is 10.1 Å². The van der Waals surface area contributed by atoms with Crippen LogP contribution in [0.1, 0.15) is 17.7 Å². The summed E-state index contributed by atoms with van der Waals surface area (Å²) in [7, 11) is 3.88. The molecule has 0 bridgehead atoms. The van der Waals surface area contributed by atoms with Gasteiger partial charge in [0.15, 0.2) is 0 Å². The average molecular weight is 258 g/mol. The Labute approximate surface area is 114 Å². The Hall–Kier alpha value is -1.48. The summed E-state index contributed by atoms with van der Waals surface area (Å²) in [5.41, 5.74) is 4.08. The lowest BCUT2D eigenvalue weighted by Gasteiger charge is -2.08. The number of rotatable bonds is 3. The summed E-state index contributed by atoms with van der Waals surface area (Å²) in [5, 5.41) is 4.81. The number of methoxy groups -OCH3 is 1. The predicted molar refractivity (Wildman–Crippen MR) is 78.9 cm³/mol. The Balaban J connectivity index is 2.10. The van der Waals surface area contributed by atoms with E-state index in [1.54, 1.807) is 7.11 Å². The molecule has 0 aliphatic carbocycles. The molecule has 1 aromatic carbocycles. The van der Waals surface area contributed by atoms with Crippen LogP contribution in [0.5, 0.6) is 5.75 Å². The highest BCUT2D eigenvalue weighted by Crippen LogP contribution is 2.33. The zero-order chi connectivity index (χ0) is 13.4. The van der Waals surface area contributed by atoms with Gasteiger partial charge in [-0.15, -0.1) is 0 Å². The first-order chi connectivity index (χ1) is 9.22. The van der Waals surface area contributed by atoms with Crippen LogP contribution >= 0.6 is 0 Å². The van der Waals surface area contributed by atoms with Crippen LogP contribution in [0.15, 0.2) is 18.2 Å². The lowest BCUT2D eigenvalue weighted by Crippen LogP contribution is -2.11. The molecule has 1 aliphatic heterocycles. The van der Waals surface area contributed by atoms with Crippen LogP contribution in [-0.2, 0) is 13.5 Å². The zero-order valence-corrected chi connectivity index (χ0v) is 12.0. The van der Waals surface area contributed by atoms with Gasteiger partial charge in [0, 0.05) is 18.1 Å². The molecule has 1 unspecified atom stereocenters. The minimum atomic E-state index is 0.774. The highest BCUT2D eigenvalue weighted by Gasteiger charge is 2.20. The van der Waals surface area contributed by atoms with Crippen molar-refractivity contribution in [2.75, 3.05) is 20.2 Å². The number of para-hydroxylation sites is 1. The molecule has 2 aromatic rings. The van der Waals surface area contributed by atoms with Crippen molar-refractivity contribution < 1.29 is 4.74 Å². The zero-order valence-electron chi connectivity index (χ0n) is 12.0. The first kappa shape index (κ1) is 12.5. The van der Waals surface area contributed by atoms with E-state index in [1.165, 1.54) is 35.0 Å². The summed E-state index contributed by atoms with van der Waals surface area (Å²) in [6.07, 6.45) is 2.46. The number of benzene rings is 1. The maximum Gasteiger partial charge on any atom is 0.143 e. The largest absolute Gasteiger partial charge is 0.495 e. The monoisotopic (exact) mass is 258 g/mol. The van der Waals surface area contributed by atoms with E-state index in [-0.39, 0.29) is 0 Å². The van der Waals surface area contributed by atoms with Crippen molar-refractivity contribution in [1.82, 2.24) is 9.88 Å². The molecule has 1 atom stereocenters. The topological polar surface area (TPSA) is 26.2 Å². The molecule has 0 saturated carbocycles. The third-order valence-electron chi connectivity index (χ3n) is 4.47. The Kier molecular flexibility index (Phi) is 3.23. The lowest BCUT2D eigenvalue weighted by atomic mass is 9.96. The number of hydrogen-bond acceptors (Lipinski definition) is 2. The van der Waals surface area contributed by atoms with Gasteiger partial charge in [-0.05, 0) is 50.4 Å². The fourth-order valence-corrected chi connectivity index (χ4v) is 3.28. The number of aryl methyl sites for hydroxylation is 1. The van der Waals surface area contributed by atoms with E-state index in [0.29, 0.717) is 0 Å². The van der Waals surface area contributed by atoms with E-state index in [4.69, 9.17) is 4.74 Å². The van der Waals surface area contributed by atoms with Gasteiger partial charge in [0.25, 0.3) is 0 Å². The molecule has 1 N–H and O–H groups in total. The molecule has 1 saturated heterocycles. The molecule has 1 aliphatic rings. The Morgan fingerprint density at radius 3 is 2.95 bits per heavy atom. The van der Waals surface area contributed by atoms with Gasteiger partial charge in [0.2, 0.25) is 0 Å². The van der Waals surface area contributed by atoms with Crippen molar-refractivity contribution in [2.45, 2.75) is 19.8 Å². The van der Waals surface area contributed by atoms with Crippen LogP contribution in [0.2, 0.25) is 0 Å². The highest BCUT2D eigenvalue weighted by molar-refractivity contribution is 5.90. The van der Waals surface area contributed by atoms with Crippen LogP contribution in [0.4, 0.5) is 0 Å². The number of nitrogens with zero attached hydrogens (tertiary/aromatic N) is 1. The van der Waals surface area contributed by atoms with E-state index < -0.39 is 0 Å². The third kappa shape index (κ3) is 2.02. The Morgan fingerprint density at radius 1 is 1.42 bits per heavy atom. The van der Waals surface area contributed by atoms with E-state index >= 15 is 0 Å². The minimum Gasteiger partial charge on any atom is -0.495 e. The second kappa shape index (κ2) is 4.89. The number of fused-ring (bicyclic) bond motifs is 1. The fraction of sp³-hybridized carbons (Fsp3) is 0.500. The fourth-order valence-electron chi connectivity index (χ4n) is 3.28. The normalized spacial score (nSPS) is 19.2. The highest BCUT2D eigenvalue weighted by atomic mass is 16.5. The molecule has 3 nitrogen and oxygen atoms in total. The van der Waals surface area contributed by atoms with Crippen molar-refractivity contribution in [3.8, 4) is 5.75 Å². The maximum atomic E-state index is 5.51. The quantitative estimate of drug-likeness (QED) is 0.916. The molecule has 0 amide bonds. The standard InChI is InChI=1S/C16H22N2O/c1-11-14(9-12-7-8-17-10-12)13-5-4-6-15(19-3)16(13)18(11)2/h4-6,12,17H,7-10H2,1-3H3. The van der Waals surface area contributed by atoms with Gasteiger partial charge >= 0.3 is 0 Å². The molecule has 0 radical (unpaired) electrons. The SMILES string of the molecule is COc1cccc2c(CC3CCNC3)c(C)n(C)c12. The van der Waals surface area contributed by atoms with E-state index in [9.17, 15) is 0 Å². The summed E-state index contributed by atoms with van der Waals surface area (Å²) in [6.45, 7) is 4.54. The van der Waals surface area contributed by atoms with Crippen molar-refractivity contribution in [2.24, 2.45) is 13.0 Å². The maximum absolute atomic E-state index is 5.51. The summed E-state index contributed by atoms with van der Waals surface area (Å²) >= 11 is 0. The third-order valence-corrected chi connectivity index (χ3v) is 4.47. The van der Waals surface area contributed by atoms with E-state index in [0.717, 1.165) is 24.8 Å². The number of nitrogens with one attached hydrogen (secondary N) is 1. The average Bonchev–Trinajstić information content (AvgIpc) is 3.02. The van der Waals surface area contributed by atoms with Gasteiger partial charge in [0.05, 0.1) is 12.6 Å². The summed E-state index contributed by atoms with van der Waals surface area (Å²) < 4.78 is 7.78. The van der Waals surface area contributed by atoms with E-state index in [2.05, 4.69) is 36.0 Å².